The summed E-state index contributed by atoms with van der Waals surface area (Å²) in [5, 5.41) is 14.7. The maximum Gasteiger partial charge on any atom is 0.277 e. The molecular formula is C20H16ClN7O3S. The molecule has 0 saturated heterocycles. The molecule has 10 nitrogen and oxygen atoms in total. The molecule has 4 aromatic rings. The number of rotatable bonds is 7. The Hall–Kier alpha value is -3.57. The van der Waals surface area contributed by atoms with Gasteiger partial charge in [0.25, 0.3) is 5.91 Å². The van der Waals surface area contributed by atoms with Crippen molar-refractivity contribution >= 4 is 52.6 Å². The van der Waals surface area contributed by atoms with Crippen LogP contribution in [0.5, 0.6) is 0 Å². The molecular weight excluding hydrogens is 454 g/mol. The summed E-state index contributed by atoms with van der Waals surface area (Å²) in [6, 6.07) is 12.5. The summed E-state index contributed by atoms with van der Waals surface area (Å²) in [7, 11) is 0. The van der Waals surface area contributed by atoms with Crippen molar-refractivity contribution in [3.63, 3.8) is 0 Å². The highest BCUT2D eigenvalue weighted by atomic mass is 35.5. The van der Waals surface area contributed by atoms with Gasteiger partial charge in [-0.25, -0.2) is 9.50 Å². The second kappa shape index (κ2) is 8.52. The van der Waals surface area contributed by atoms with E-state index in [1.165, 1.54) is 24.0 Å². The number of imidazole rings is 1. The van der Waals surface area contributed by atoms with Crippen LogP contribution in [0.4, 0.5) is 11.5 Å². The number of fused-ring (bicyclic) bond motifs is 1. The van der Waals surface area contributed by atoms with E-state index in [9.17, 15) is 9.59 Å². The minimum absolute atomic E-state index is 0.00234. The second-order valence-electron chi connectivity index (χ2n) is 7.11. The molecule has 1 aromatic carbocycles. The molecule has 0 bridgehead atoms. The zero-order valence-electron chi connectivity index (χ0n) is 16.4. The molecule has 3 aromatic heterocycles. The van der Waals surface area contributed by atoms with E-state index in [1.54, 1.807) is 16.8 Å². The van der Waals surface area contributed by atoms with Gasteiger partial charge in [-0.3, -0.25) is 14.0 Å². The van der Waals surface area contributed by atoms with E-state index in [0.29, 0.717) is 17.2 Å². The first-order chi connectivity index (χ1) is 15.6. The summed E-state index contributed by atoms with van der Waals surface area (Å²) in [6.07, 6.45) is 4.96. The van der Waals surface area contributed by atoms with E-state index in [4.69, 9.17) is 11.9 Å². The number of hydrogen-bond acceptors (Lipinski definition) is 7. The highest BCUT2D eigenvalue weighted by Crippen LogP contribution is 2.31. The number of carbonyl (C=O) groups excluding carboxylic acids is 2. The lowest BCUT2D eigenvalue weighted by molar-refractivity contribution is -0.117. The second-order valence-corrected chi connectivity index (χ2v) is 8.34. The molecule has 1 aliphatic rings. The largest absolute Gasteiger partial charge is 0.321 e. The van der Waals surface area contributed by atoms with Crippen LogP contribution in [-0.4, -0.2) is 36.4 Å². The molecule has 2 N–H and O–H groups in total. The first kappa shape index (κ1) is 20.3. The van der Waals surface area contributed by atoms with Crippen LogP contribution in [0.1, 0.15) is 23.3 Å². The fourth-order valence-electron chi connectivity index (χ4n) is 3.01. The highest BCUT2D eigenvalue weighted by Gasteiger charge is 2.30. The zero-order chi connectivity index (χ0) is 22.1. The van der Waals surface area contributed by atoms with Gasteiger partial charge in [0, 0.05) is 16.5 Å². The van der Waals surface area contributed by atoms with E-state index in [-0.39, 0.29) is 17.5 Å². The van der Waals surface area contributed by atoms with E-state index >= 15 is 0 Å². The van der Waals surface area contributed by atoms with Gasteiger partial charge in [0.05, 0.1) is 12.4 Å². The molecule has 5 rings (SSSR count). The van der Waals surface area contributed by atoms with E-state index in [0.717, 1.165) is 27.6 Å². The average Bonchev–Trinajstić information content (AvgIpc) is 3.39. The molecule has 2 amide bonds. The number of hydrogen-bond donors (Lipinski definition) is 2. The van der Waals surface area contributed by atoms with Gasteiger partial charge in [-0.15, -0.1) is 5.10 Å². The number of amides is 2. The molecule has 162 valence electrons. The number of halogens is 1. The molecule has 0 spiro atoms. The Balaban J connectivity index is 1.29. The van der Waals surface area contributed by atoms with Gasteiger partial charge in [0.2, 0.25) is 5.91 Å². The van der Waals surface area contributed by atoms with Gasteiger partial charge in [0.1, 0.15) is 5.03 Å². The molecule has 12 heteroatoms. The van der Waals surface area contributed by atoms with Crippen LogP contribution in [0.3, 0.4) is 0 Å². The lowest BCUT2D eigenvalue weighted by Gasteiger charge is -2.07. The standard InChI is InChI=1S/C20H16ClN7O3S/c21-31-28-15(8-9-22-28)20(30)23-13-2-1-3-14(10-13)32-18-7-6-17-24-16(11-27(17)26-18)25-19(29)12-4-5-12/h1-3,6-12H,4-5H2,(H,23,30)(H,25,29). The van der Waals surface area contributed by atoms with E-state index in [2.05, 4.69) is 30.2 Å². The number of carbonyl (C=O) groups is 2. The van der Waals surface area contributed by atoms with Crippen LogP contribution in [0, 0.1) is 5.92 Å². The van der Waals surface area contributed by atoms with Gasteiger partial charge in [0.15, 0.2) is 29.0 Å². The summed E-state index contributed by atoms with van der Waals surface area (Å²) in [5.74, 6) is 0.183. The molecule has 3 heterocycles. The van der Waals surface area contributed by atoms with Crippen molar-refractivity contribution in [3.8, 4) is 0 Å². The fraction of sp³-hybridized carbons (Fsp3) is 0.150. The quantitative estimate of drug-likeness (QED) is 0.426. The molecule has 1 aliphatic carbocycles. The third-order valence-corrected chi connectivity index (χ3v) is 5.76. The Morgan fingerprint density at radius 3 is 2.84 bits per heavy atom. The Kier molecular flexibility index (Phi) is 5.41. The van der Waals surface area contributed by atoms with Crippen LogP contribution < -0.4 is 15.0 Å². The predicted octanol–water partition coefficient (Wildman–Crippen LogP) is 3.26. The Bertz CT molecular complexity index is 1320. The Morgan fingerprint density at radius 1 is 1.16 bits per heavy atom. The number of nitrogens with one attached hydrogen (secondary N) is 2. The molecule has 0 unspecified atom stereocenters. The normalized spacial score (nSPS) is 13.2. The SMILES string of the molecule is O=C(Nc1cccc(Sc2ccc3nc(NC(=O)C4CC4)cn3n2)c1)c1ccnn1OCl. The molecule has 0 aliphatic heterocycles. The topological polar surface area (TPSA) is 115 Å². The van der Waals surface area contributed by atoms with Gasteiger partial charge >= 0.3 is 0 Å². The molecule has 1 saturated carbocycles. The van der Waals surface area contributed by atoms with Crippen molar-refractivity contribution in [3.05, 3.63) is 60.6 Å². The Morgan fingerprint density at radius 2 is 2.03 bits per heavy atom. The van der Waals surface area contributed by atoms with Crippen LogP contribution in [-0.2, 0) is 4.79 Å². The highest BCUT2D eigenvalue weighted by molar-refractivity contribution is 7.99. The summed E-state index contributed by atoms with van der Waals surface area (Å²) in [5.41, 5.74) is 1.39. The zero-order valence-corrected chi connectivity index (χ0v) is 18.0. The summed E-state index contributed by atoms with van der Waals surface area (Å²) in [6.45, 7) is 0. The average molecular weight is 470 g/mol. The van der Waals surface area contributed by atoms with Crippen molar-refractivity contribution in [2.45, 2.75) is 22.8 Å². The molecule has 0 radical (unpaired) electrons. The van der Waals surface area contributed by atoms with Crippen molar-refractivity contribution in [1.29, 1.82) is 0 Å². The van der Waals surface area contributed by atoms with Crippen molar-refractivity contribution in [1.82, 2.24) is 24.5 Å². The van der Waals surface area contributed by atoms with Crippen LogP contribution in [0.25, 0.3) is 5.65 Å². The summed E-state index contributed by atoms with van der Waals surface area (Å²) in [4.78, 5) is 30.5. The monoisotopic (exact) mass is 469 g/mol. The van der Waals surface area contributed by atoms with Crippen LogP contribution in [0.2, 0.25) is 0 Å². The molecule has 32 heavy (non-hydrogen) atoms. The third kappa shape index (κ3) is 4.39. The summed E-state index contributed by atoms with van der Waals surface area (Å²) >= 11 is 6.73. The predicted molar refractivity (Wildman–Crippen MR) is 118 cm³/mol. The number of nitrogens with zero attached hydrogens (tertiary/aromatic N) is 5. The lowest BCUT2D eigenvalue weighted by Crippen LogP contribution is -2.19. The van der Waals surface area contributed by atoms with Gasteiger partial charge in [-0.1, -0.05) is 22.7 Å². The number of anilines is 2. The first-order valence-electron chi connectivity index (χ1n) is 9.69. The van der Waals surface area contributed by atoms with Crippen molar-refractivity contribution in [2.75, 3.05) is 10.6 Å². The first-order valence-corrected chi connectivity index (χ1v) is 10.8. The van der Waals surface area contributed by atoms with Crippen LogP contribution in [0.15, 0.2) is 64.8 Å². The minimum atomic E-state index is -0.413. The minimum Gasteiger partial charge on any atom is -0.321 e. The Labute approximate surface area is 191 Å². The summed E-state index contributed by atoms with van der Waals surface area (Å²) < 4.78 is 6.12. The van der Waals surface area contributed by atoms with Crippen molar-refractivity contribution < 1.29 is 14.0 Å². The molecule has 1 fully saturated rings. The number of aromatic nitrogens is 5. The van der Waals surface area contributed by atoms with Crippen molar-refractivity contribution in [2.24, 2.45) is 5.92 Å². The van der Waals surface area contributed by atoms with Crippen LogP contribution >= 0.6 is 23.6 Å². The van der Waals surface area contributed by atoms with Gasteiger partial charge < -0.3 is 10.6 Å². The van der Waals surface area contributed by atoms with E-state index < -0.39 is 5.91 Å². The van der Waals surface area contributed by atoms with E-state index in [1.807, 2.05) is 30.3 Å². The number of benzene rings is 1. The third-order valence-electron chi connectivity index (χ3n) is 4.72. The van der Waals surface area contributed by atoms with Gasteiger partial charge in [-0.05, 0) is 49.2 Å². The lowest BCUT2D eigenvalue weighted by atomic mass is 10.3. The molecule has 0 atom stereocenters. The smallest absolute Gasteiger partial charge is 0.277 e. The fourth-order valence-corrected chi connectivity index (χ4v) is 3.96. The maximum absolute atomic E-state index is 12.4. The van der Waals surface area contributed by atoms with Gasteiger partial charge in [-0.2, -0.15) is 5.10 Å². The maximum atomic E-state index is 12.4.